The largest absolute Gasteiger partial charge is 0.497 e. The molecule has 0 aliphatic rings. The fraction of sp³-hybridized carbons (Fsp3) is 0.0769. The van der Waals surface area contributed by atoms with Gasteiger partial charge in [-0.25, -0.2) is 17.2 Å². The van der Waals surface area contributed by atoms with Crippen LogP contribution in [0.15, 0.2) is 41.3 Å². The van der Waals surface area contributed by atoms with Crippen molar-refractivity contribution in [2.45, 2.75) is 4.90 Å². The lowest BCUT2D eigenvalue weighted by molar-refractivity contribution is 0.414. The van der Waals surface area contributed by atoms with Crippen LogP contribution in [0.5, 0.6) is 5.75 Å². The highest BCUT2D eigenvalue weighted by molar-refractivity contribution is 7.92. The summed E-state index contributed by atoms with van der Waals surface area (Å²) in [6.07, 6.45) is 0. The van der Waals surface area contributed by atoms with Crippen LogP contribution in [0.2, 0.25) is 0 Å². The molecule has 2 rings (SSSR count). The number of benzene rings is 2. The lowest BCUT2D eigenvalue weighted by Crippen LogP contribution is -2.15. The van der Waals surface area contributed by atoms with Crippen LogP contribution in [-0.4, -0.2) is 15.5 Å². The lowest BCUT2D eigenvalue weighted by Gasteiger charge is -2.12. The molecule has 112 valence electrons. The van der Waals surface area contributed by atoms with Crippen molar-refractivity contribution >= 4 is 21.4 Å². The van der Waals surface area contributed by atoms with Gasteiger partial charge in [0.15, 0.2) is 11.6 Å². The minimum Gasteiger partial charge on any atom is -0.497 e. The van der Waals surface area contributed by atoms with E-state index in [0.29, 0.717) is 5.75 Å². The summed E-state index contributed by atoms with van der Waals surface area (Å²) in [5.74, 6) is -2.09. The molecule has 0 aromatic heterocycles. The van der Waals surface area contributed by atoms with Gasteiger partial charge in [0.25, 0.3) is 10.0 Å². The third kappa shape index (κ3) is 3.05. The number of hydrogen-bond acceptors (Lipinski definition) is 4. The van der Waals surface area contributed by atoms with Crippen molar-refractivity contribution in [1.29, 1.82) is 0 Å². The number of rotatable bonds is 4. The SMILES string of the molecule is COc1ccc(S(=O)(=O)Nc2c(N)ccc(F)c2F)cc1. The summed E-state index contributed by atoms with van der Waals surface area (Å²) in [7, 11) is -2.66. The number of sulfonamides is 1. The topological polar surface area (TPSA) is 81.4 Å². The highest BCUT2D eigenvalue weighted by Gasteiger charge is 2.20. The number of nitrogens with one attached hydrogen (secondary N) is 1. The molecule has 5 nitrogen and oxygen atoms in total. The maximum atomic E-state index is 13.6. The van der Waals surface area contributed by atoms with E-state index < -0.39 is 27.3 Å². The Morgan fingerprint density at radius 3 is 2.29 bits per heavy atom. The number of hydrogen-bond donors (Lipinski definition) is 2. The summed E-state index contributed by atoms with van der Waals surface area (Å²) >= 11 is 0. The van der Waals surface area contributed by atoms with Gasteiger partial charge in [-0.3, -0.25) is 4.72 Å². The van der Waals surface area contributed by atoms with E-state index >= 15 is 0 Å². The van der Waals surface area contributed by atoms with Gasteiger partial charge < -0.3 is 10.5 Å². The molecule has 0 aliphatic heterocycles. The van der Waals surface area contributed by atoms with Gasteiger partial charge in [0, 0.05) is 0 Å². The highest BCUT2D eigenvalue weighted by Crippen LogP contribution is 2.27. The van der Waals surface area contributed by atoms with E-state index in [1.165, 1.54) is 31.4 Å². The summed E-state index contributed by atoms with van der Waals surface area (Å²) in [6, 6.07) is 7.29. The summed E-state index contributed by atoms with van der Waals surface area (Å²) in [5, 5.41) is 0. The zero-order valence-corrected chi connectivity index (χ0v) is 11.7. The second-order valence-electron chi connectivity index (χ2n) is 4.11. The van der Waals surface area contributed by atoms with E-state index in [4.69, 9.17) is 10.5 Å². The van der Waals surface area contributed by atoms with E-state index in [-0.39, 0.29) is 10.6 Å². The molecular weight excluding hydrogens is 302 g/mol. The average molecular weight is 314 g/mol. The molecule has 21 heavy (non-hydrogen) atoms. The van der Waals surface area contributed by atoms with Crippen LogP contribution in [0.4, 0.5) is 20.2 Å². The molecule has 3 N–H and O–H groups in total. The molecule has 2 aromatic carbocycles. The van der Waals surface area contributed by atoms with Gasteiger partial charge in [0.1, 0.15) is 11.4 Å². The number of halogens is 2. The molecule has 0 atom stereocenters. The molecular formula is C13H12F2N2O3S. The summed E-state index contributed by atoms with van der Waals surface area (Å²) < 4.78 is 57.9. The standard InChI is InChI=1S/C13H12F2N2O3S/c1-20-8-2-4-9(5-3-8)21(18,19)17-13-11(16)7-6-10(14)12(13)15/h2-7,17H,16H2,1H3. The van der Waals surface area contributed by atoms with E-state index in [1.807, 2.05) is 4.72 Å². The van der Waals surface area contributed by atoms with Gasteiger partial charge in [-0.2, -0.15) is 0 Å². The molecule has 0 heterocycles. The fourth-order valence-corrected chi connectivity index (χ4v) is 2.71. The summed E-state index contributed by atoms with van der Waals surface area (Å²) in [4.78, 5) is -0.133. The number of nitrogen functional groups attached to an aromatic ring is 1. The quantitative estimate of drug-likeness (QED) is 0.849. The molecule has 0 unspecified atom stereocenters. The Morgan fingerprint density at radius 2 is 1.71 bits per heavy atom. The van der Waals surface area contributed by atoms with Crippen LogP contribution in [0.1, 0.15) is 0 Å². The predicted octanol–water partition coefficient (Wildman–Crippen LogP) is 2.36. The van der Waals surface area contributed by atoms with Crippen molar-refractivity contribution in [2.75, 3.05) is 17.6 Å². The van der Waals surface area contributed by atoms with Crippen LogP contribution in [0, 0.1) is 11.6 Å². The number of nitrogens with two attached hydrogens (primary N) is 1. The van der Waals surface area contributed by atoms with Crippen molar-refractivity contribution in [1.82, 2.24) is 0 Å². The second-order valence-corrected chi connectivity index (χ2v) is 5.79. The van der Waals surface area contributed by atoms with E-state index in [0.717, 1.165) is 12.1 Å². The van der Waals surface area contributed by atoms with E-state index in [9.17, 15) is 17.2 Å². The van der Waals surface area contributed by atoms with Crippen LogP contribution in [-0.2, 0) is 10.0 Å². The van der Waals surface area contributed by atoms with Crippen molar-refractivity contribution in [3.63, 3.8) is 0 Å². The zero-order chi connectivity index (χ0) is 15.6. The summed E-state index contributed by atoms with van der Waals surface area (Å²) in [6.45, 7) is 0. The van der Waals surface area contributed by atoms with Crippen LogP contribution in [0.3, 0.4) is 0 Å². The number of anilines is 2. The first-order valence-corrected chi connectivity index (χ1v) is 7.24. The molecule has 2 aromatic rings. The minimum absolute atomic E-state index is 0.133. The smallest absolute Gasteiger partial charge is 0.262 e. The van der Waals surface area contributed by atoms with Crippen molar-refractivity contribution < 1.29 is 21.9 Å². The second kappa shape index (κ2) is 5.57. The summed E-state index contributed by atoms with van der Waals surface area (Å²) in [5.41, 5.74) is 4.63. The fourth-order valence-electron chi connectivity index (χ4n) is 1.62. The monoisotopic (exact) mass is 314 g/mol. The van der Waals surface area contributed by atoms with Gasteiger partial charge in [0.2, 0.25) is 0 Å². The molecule has 0 saturated heterocycles. The lowest BCUT2D eigenvalue weighted by atomic mass is 10.2. The van der Waals surface area contributed by atoms with Crippen molar-refractivity contribution in [3.8, 4) is 5.75 Å². The molecule has 0 spiro atoms. The molecule has 0 bridgehead atoms. The molecule has 0 fully saturated rings. The molecule has 8 heteroatoms. The number of ether oxygens (including phenoxy) is 1. The van der Waals surface area contributed by atoms with E-state index in [1.54, 1.807) is 0 Å². The normalized spacial score (nSPS) is 11.2. The Balaban J connectivity index is 2.39. The predicted molar refractivity (Wildman–Crippen MR) is 74.6 cm³/mol. The van der Waals surface area contributed by atoms with Gasteiger partial charge >= 0.3 is 0 Å². The third-order valence-corrected chi connectivity index (χ3v) is 4.10. The molecule has 0 amide bonds. The Kier molecular flexibility index (Phi) is 3.99. The Hall–Kier alpha value is -2.35. The van der Waals surface area contributed by atoms with Gasteiger partial charge in [-0.05, 0) is 36.4 Å². The maximum absolute atomic E-state index is 13.6. The van der Waals surface area contributed by atoms with Crippen LogP contribution >= 0.6 is 0 Å². The van der Waals surface area contributed by atoms with Gasteiger partial charge in [-0.1, -0.05) is 0 Å². The van der Waals surface area contributed by atoms with Crippen LogP contribution in [0.25, 0.3) is 0 Å². The maximum Gasteiger partial charge on any atom is 0.262 e. The first-order chi connectivity index (χ1) is 9.85. The Morgan fingerprint density at radius 1 is 1.10 bits per heavy atom. The Labute approximate surface area is 120 Å². The van der Waals surface area contributed by atoms with Gasteiger partial charge in [0.05, 0.1) is 17.7 Å². The Bertz CT molecular complexity index is 762. The zero-order valence-electron chi connectivity index (χ0n) is 10.9. The minimum atomic E-state index is -4.09. The molecule has 0 saturated carbocycles. The molecule has 0 aliphatic carbocycles. The first-order valence-electron chi connectivity index (χ1n) is 5.75. The highest BCUT2D eigenvalue weighted by atomic mass is 32.2. The first kappa shape index (κ1) is 15.0. The van der Waals surface area contributed by atoms with Gasteiger partial charge in [-0.15, -0.1) is 0 Å². The van der Waals surface area contributed by atoms with Crippen molar-refractivity contribution in [3.05, 3.63) is 48.0 Å². The van der Waals surface area contributed by atoms with Crippen molar-refractivity contribution in [2.24, 2.45) is 0 Å². The van der Waals surface area contributed by atoms with Crippen LogP contribution < -0.4 is 15.2 Å². The number of methoxy groups -OCH3 is 1. The average Bonchev–Trinajstić information content (AvgIpc) is 2.48. The van der Waals surface area contributed by atoms with E-state index in [2.05, 4.69) is 0 Å². The third-order valence-electron chi connectivity index (χ3n) is 2.73. The molecule has 0 radical (unpaired) electrons.